The molecule has 1 aromatic rings. The van der Waals surface area contributed by atoms with Crippen LogP contribution in [0.4, 0.5) is 0 Å². The first-order valence-electron chi connectivity index (χ1n) is 4.85. The molecule has 0 saturated carbocycles. The van der Waals surface area contributed by atoms with Gasteiger partial charge in [0.25, 0.3) is 0 Å². The second-order valence-electron chi connectivity index (χ2n) is 3.44. The second kappa shape index (κ2) is 5.60. The molecule has 0 heterocycles. The minimum atomic E-state index is -1.83. The summed E-state index contributed by atoms with van der Waals surface area (Å²) in [6.07, 6.45) is -2.78. The van der Waals surface area contributed by atoms with Gasteiger partial charge < -0.3 is 20.4 Å². The van der Waals surface area contributed by atoms with Crippen molar-refractivity contribution in [3.8, 4) is 0 Å². The zero-order chi connectivity index (χ0) is 12.1. The average Bonchev–Trinajstić information content (AvgIpc) is 2.28. The van der Waals surface area contributed by atoms with Crippen molar-refractivity contribution < 1.29 is 25.2 Å². The van der Waals surface area contributed by atoms with E-state index in [0.29, 0.717) is 12.0 Å². The highest BCUT2D eigenvalue weighted by atomic mass is 16.4. The van der Waals surface area contributed by atoms with Crippen molar-refractivity contribution >= 4 is 5.97 Å². The minimum absolute atomic E-state index is 0.0274. The van der Waals surface area contributed by atoms with E-state index in [1.54, 1.807) is 12.1 Å². The summed E-state index contributed by atoms with van der Waals surface area (Å²) in [5.74, 6) is -1.47. The molecule has 5 nitrogen and oxygen atoms in total. The third kappa shape index (κ3) is 3.03. The summed E-state index contributed by atoms with van der Waals surface area (Å²) in [5.41, 5.74) is 1.21. The SMILES string of the molecule is O=C(O)C(O)C(O)c1ccc(CCO)cc1. The number of carboxylic acids is 1. The molecular weight excluding hydrogens is 212 g/mol. The largest absolute Gasteiger partial charge is 0.479 e. The van der Waals surface area contributed by atoms with Crippen molar-refractivity contribution in [1.29, 1.82) is 0 Å². The van der Waals surface area contributed by atoms with E-state index in [4.69, 9.17) is 15.3 Å². The van der Waals surface area contributed by atoms with E-state index in [1.807, 2.05) is 0 Å². The average molecular weight is 226 g/mol. The van der Waals surface area contributed by atoms with Crippen molar-refractivity contribution in [1.82, 2.24) is 0 Å². The molecule has 5 heteroatoms. The summed E-state index contributed by atoms with van der Waals surface area (Å²) in [4.78, 5) is 10.4. The Morgan fingerprint density at radius 1 is 1.19 bits per heavy atom. The molecule has 0 saturated heterocycles. The first-order valence-corrected chi connectivity index (χ1v) is 4.85. The first kappa shape index (κ1) is 12.6. The van der Waals surface area contributed by atoms with Gasteiger partial charge in [0, 0.05) is 6.61 Å². The van der Waals surface area contributed by atoms with Gasteiger partial charge in [-0.25, -0.2) is 4.79 Å². The molecule has 16 heavy (non-hydrogen) atoms. The maximum absolute atomic E-state index is 10.4. The van der Waals surface area contributed by atoms with Gasteiger partial charge in [0.05, 0.1) is 0 Å². The number of aliphatic hydroxyl groups excluding tert-OH is 3. The minimum Gasteiger partial charge on any atom is -0.479 e. The number of aliphatic hydroxyl groups is 3. The standard InChI is InChI=1S/C11H14O5/c12-6-5-7-1-3-8(4-2-7)9(13)10(14)11(15)16/h1-4,9-10,12-14H,5-6H2,(H,15,16). The lowest BCUT2D eigenvalue weighted by Crippen LogP contribution is -2.27. The number of benzene rings is 1. The lowest BCUT2D eigenvalue weighted by atomic mass is 10.0. The monoisotopic (exact) mass is 226 g/mol. The van der Waals surface area contributed by atoms with Crippen molar-refractivity contribution in [2.75, 3.05) is 6.61 Å². The van der Waals surface area contributed by atoms with E-state index in [9.17, 15) is 9.90 Å². The Morgan fingerprint density at radius 3 is 2.19 bits per heavy atom. The molecule has 0 amide bonds. The van der Waals surface area contributed by atoms with Crippen LogP contribution in [0.25, 0.3) is 0 Å². The molecule has 1 aromatic carbocycles. The van der Waals surface area contributed by atoms with Crippen LogP contribution in [0, 0.1) is 0 Å². The van der Waals surface area contributed by atoms with Gasteiger partial charge in [0.1, 0.15) is 6.10 Å². The molecule has 0 aliphatic heterocycles. The van der Waals surface area contributed by atoms with Crippen LogP contribution in [0.1, 0.15) is 17.2 Å². The van der Waals surface area contributed by atoms with Crippen molar-refractivity contribution in [3.63, 3.8) is 0 Å². The summed E-state index contributed by atoms with van der Waals surface area (Å²) in [7, 11) is 0. The summed E-state index contributed by atoms with van der Waals surface area (Å²) < 4.78 is 0. The van der Waals surface area contributed by atoms with Gasteiger partial charge in [-0.2, -0.15) is 0 Å². The van der Waals surface area contributed by atoms with Crippen LogP contribution >= 0.6 is 0 Å². The predicted octanol–water partition coefficient (Wildman–Crippen LogP) is -0.300. The summed E-state index contributed by atoms with van der Waals surface area (Å²) >= 11 is 0. The van der Waals surface area contributed by atoms with E-state index in [-0.39, 0.29) is 6.61 Å². The Kier molecular flexibility index (Phi) is 4.42. The van der Waals surface area contributed by atoms with Crippen LogP contribution in [0.5, 0.6) is 0 Å². The van der Waals surface area contributed by atoms with E-state index in [0.717, 1.165) is 5.56 Å². The Hall–Kier alpha value is -1.43. The Bertz CT molecular complexity index is 346. The van der Waals surface area contributed by atoms with Crippen LogP contribution in [-0.4, -0.2) is 39.1 Å². The zero-order valence-corrected chi connectivity index (χ0v) is 8.58. The number of hydrogen-bond donors (Lipinski definition) is 4. The molecule has 88 valence electrons. The highest BCUT2D eigenvalue weighted by Crippen LogP contribution is 2.17. The van der Waals surface area contributed by atoms with Crippen LogP contribution in [0.15, 0.2) is 24.3 Å². The number of carboxylic acid groups (broad SMARTS) is 1. The number of hydrogen-bond acceptors (Lipinski definition) is 4. The number of rotatable bonds is 5. The second-order valence-corrected chi connectivity index (χ2v) is 3.44. The third-order valence-corrected chi connectivity index (χ3v) is 2.27. The third-order valence-electron chi connectivity index (χ3n) is 2.27. The molecule has 0 radical (unpaired) electrons. The summed E-state index contributed by atoms with van der Waals surface area (Å²) in [5, 5.41) is 35.8. The molecule has 0 aliphatic rings. The molecule has 2 atom stereocenters. The molecule has 4 N–H and O–H groups in total. The van der Waals surface area contributed by atoms with E-state index in [1.165, 1.54) is 12.1 Å². The topological polar surface area (TPSA) is 98.0 Å². The van der Waals surface area contributed by atoms with E-state index in [2.05, 4.69) is 0 Å². The van der Waals surface area contributed by atoms with Crippen LogP contribution in [-0.2, 0) is 11.2 Å². The van der Waals surface area contributed by atoms with Crippen LogP contribution in [0.3, 0.4) is 0 Å². The highest BCUT2D eigenvalue weighted by molar-refractivity contribution is 5.73. The number of aliphatic carboxylic acids is 1. The summed E-state index contributed by atoms with van der Waals surface area (Å²) in [6, 6.07) is 6.40. The predicted molar refractivity (Wildman–Crippen MR) is 55.8 cm³/mol. The Balaban J connectivity index is 2.77. The smallest absolute Gasteiger partial charge is 0.335 e. The van der Waals surface area contributed by atoms with Gasteiger partial charge in [-0.3, -0.25) is 0 Å². The quantitative estimate of drug-likeness (QED) is 0.552. The molecule has 0 spiro atoms. The highest BCUT2D eigenvalue weighted by Gasteiger charge is 2.24. The van der Waals surface area contributed by atoms with E-state index < -0.39 is 18.2 Å². The Labute approximate surface area is 92.6 Å². The van der Waals surface area contributed by atoms with Crippen molar-refractivity contribution in [3.05, 3.63) is 35.4 Å². The molecule has 0 fully saturated rings. The molecule has 2 unspecified atom stereocenters. The Morgan fingerprint density at radius 2 is 1.75 bits per heavy atom. The lowest BCUT2D eigenvalue weighted by molar-refractivity contribution is -0.153. The molecule has 0 bridgehead atoms. The van der Waals surface area contributed by atoms with E-state index >= 15 is 0 Å². The van der Waals surface area contributed by atoms with Crippen LogP contribution < -0.4 is 0 Å². The molecular formula is C11H14O5. The van der Waals surface area contributed by atoms with Gasteiger partial charge in [-0.1, -0.05) is 24.3 Å². The first-order chi connectivity index (χ1) is 7.56. The maximum Gasteiger partial charge on any atom is 0.335 e. The van der Waals surface area contributed by atoms with Crippen molar-refractivity contribution in [2.45, 2.75) is 18.6 Å². The normalized spacial score (nSPS) is 14.4. The fourth-order valence-electron chi connectivity index (χ4n) is 1.33. The fraction of sp³-hybridized carbons (Fsp3) is 0.364. The van der Waals surface area contributed by atoms with Crippen LogP contribution in [0.2, 0.25) is 0 Å². The fourth-order valence-corrected chi connectivity index (χ4v) is 1.33. The molecule has 0 aromatic heterocycles. The van der Waals surface area contributed by atoms with Gasteiger partial charge in [0.2, 0.25) is 0 Å². The van der Waals surface area contributed by atoms with Gasteiger partial charge in [0.15, 0.2) is 6.10 Å². The van der Waals surface area contributed by atoms with Gasteiger partial charge >= 0.3 is 5.97 Å². The van der Waals surface area contributed by atoms with Crippen molar-refractivity contribution in [2.24, 2.45) is 0 Å². The molecule has 1 rings (SSSR count). The lowest BCUT2D eigenvalue weighted by Gasteiger charge is -2.14. The zero-order valence-electron chi connectivity index (χ0n) is 8.58. The molecule has 0 aliphatic carbocycles. The van der Waals surface area contributed by atoms with Gasteiger partial charge in [-0.05, 0) is 17.5 Å². The number of carbonyl (C=O) groups is 1. The van der Waals surface area contributed by atoms with Gasteiger partial charge in [-0.15, -0.1) is 0 Å². The summed E-state index contributed by atoms with van der Waals surface area (Å²) in [6.45, 7) is 0.0274. The maximum atomic E-state index is 10.4.